The molecule has 12 heavy (non-hydrogen) atoms. The molecule has 0 amide bonds. The molecule has 1 aromatic heterocycles. The molecule has 0 saturated carbocycles. The van der Waals surface area contributed by atoms with Crippen molar-refractivity contribution in [1.82, 2.24) is 0 Å². The van der Waals surface area contributed by atoms with Crippen molar-refractivity contribution >= 4 is 5.78 Å². The van der Waals surface area contributed by atoms with E-state index in [1.54, 1.807) is 12.3 Å². The van der Waals surface area contributed by atoms with Gasteiger partial charge in [-0.15, -0.1) is 0 Å². The maximum atomic E-state index is 11.1. The van der Waals surface area contributed by atoms with Crippen LogP contribution in [0.3, 0.4) is 0 Å². The normalized spacial score (nSPS) is 9.75. The van der Waals surface area contributed by atoms with Crippen LogP contribution in [0.25, 0.3) is 0 Å². The minimum atomic E-state index is 0.103. The summed E-state index contributed by atoms with van der Waals surface area (Å²) >= 11 is 0. The van der Waals surface area contributed by atoms with E-state index in [2.05, 4.69) is 6.58 Å². The number of ketones is 1. The van der Waals surface area contributed by atoms with E-state index in [-0.39, 0.29) is 5.78 Å². The summed E-state index contributed by atoms with van der Waals surface area (Å²) in [5.41, 5.74) is 0.618. The average Bonchev–Trinajstić information content (AvgIpc) is 2.55. The Kier molecular flexibility index (Phi) is 2.86. The van der Waals surface area contributed by atoms with Gasteiger partial charge in [0.2, 0.25) is 0 Å². The lowest BCUT2D eigenvalue weighted by Crippen LogP contribution is -2.01. The molecule has 0 aliphatic carbocycles. The molecule has 0 saturated heterocycles. The number of rotatable bonds is 4. The number of allylic oxidation sites excluding steroid dienone is 1. The molecule has 0 bridgehead atoms. The number of carbonyl (C=O) groups excluding carboxylic acids is 1. The first-order chi connectivity index (χ1) is 5.74. The number of hydrogen-bond acceptors (Lipinski definition) is 2. The van der Waals surface area contributed by atoms with Gasteiger partial charge in [0.05, 0.1) is 6.26 Å². The molecule has 0 unspecified atom stereocenters. The van der Waals surface area contributed by atoms with Crippen LogP contribution in [-0.4, -0.2) is 5.78 Å². The van der Waals surface area contributed by atoms with Gasteiger partial charge in [-0.05, 0) is 17.7 Å². The first-order valence-electron chi connectivity index (χ1n) is 3.97. The van der Waals surface area contributed by atoms with E-state index >= 15 is 0 Å². The minimum Gasteiger partial charge on any atom is -0.469 e. The van der Waals surface area contributed by atoms with Gasteiger partial charge in [-0.25, -0.2) is 0 Å². The first kappa shape index (κ1) is 8.78. The van der Waals surface area contributed by atoms with Gasteiger partial charge in [-0.2, -0.15) is 0 Å². The Morgan fingerprint density at radius 3 is 2.92 bits per heavy atom. The van der Waals surface area contributed by atoms with Crippen molar-refractivity contribution < 1.29 is 9.21 Å². The van der Waals surface area contributed by atoms with Crippen LogP contribution in [0.15, 0.2) is 35.0 Å². The van der Waals surface area contributed by atoms with Crippen molar-refractivity contribution in [2.24, 2.45) is 0 Å². The number of hydrogen-bond donors (Lipinski definition) is 0. The summed E-state index contributed by atoms with van der Waals surface area (Å²) in [5, 5.41) is 0. The number of Topliss-reactive ketones (excluding diaryl/α,β-unsaturated/α-hetero) is 1. The minimum absolute atomic E-state index is 0.103. The second-order valence-electron chi connectivity index (χ2n) is 2.64. The lowest BCUT2D eigenvalue weighted by atomic mass is 10.1. The molecule has 0 aliphatic heterocycles. The molecule has 0 aromatic carbocycles. The molecule has 0 N–H and O–H groups in total. The quantitative estimate of drug-likeness (QED) is 0.639. The second-order valence-corrected chi connectivity index (χ2v) is 2.64. The smallest absolute Gasteiger partial charge is 0.158 e. The summed E-state index contributed by atoms with van der Waals surface area (Å²) in [7, 11) is 0. The van der Waals surface area contributed by atoms with Gasteiger partial charge in [-0.1, -0.05) is 13.5 Å². The standard InChI is InChI=1S/C10H12O2/c1-3-10(11)8(2)7-9-5-4-6-12-9/h4-6H,2-3,7H2,1H3. The zero-order valence-electron chi connectivity index (χ0n) is 7.17. The van der Waals surface area contributed by atoms with Crippen molar-refractivity contribution in [1.29, 1.82) is 0 Å². The Labute approximate surface area is 71.9 Å². The zero-order valence-corrected chi connectivity index (χ0v) is 7.17. The van der Waals surface area contributed by atoms with E-state index in [4.69, 9.17) is 4.42 Å². The highest BCUT2D eigenvalue weighted by atomic mass is 16.3. The average molecular weight is 164 g/mol. The fourth-order valence-electron chi connectivity index (χ4n) is 0.972. The lowest BCUT2D eigenvalue weighted by Gasteiger charge is -1.98. The van der Waals surface area contributed by atoms with Crippen LogP contribution in [-0.2, 0) is 11.2 Å². The molecule has 2 heteroatoms. The van der Waals surface area contributed by atoms with Gasteiger partial charge in [0.15, 0.2) is 5.78 Å². The van der Waals surface area contributed by atoms with Crippen molar-refractivity contribution in [2.75, 3.05) is 0 Å². The molecule has 1 rings (SSSR count). The third-order valence-electron chi connectivity index (χ3n) is 1.68. The van der Waals surface area contributed by atoms with Crippen molar-refractivity contribution in [3.63, 3.8) is 0 Å². The highest BCUT2D eigenvalue weighted by Gasteiger charge is 2.06. The molecule has 1 heterocycles. The van der Waals surface area contributed by atoms with Crippen molar-refractivity contribution in [3.8, 4) is 0 Å². The molecule has 2 nitrogen and oxygen atoms in total. The molecule has 1 aromatic rings. The molecule has 0 spiro atoms. The maximum absolute atomic E-state index is 11.1. The van der Waals surface area contributed by atoms with Gasteiger partial charge >= 0.3 is 0 Å². The zero-order chi connectivity index (χ0) is 8.97. The van der Waals surface area contributed by atoms with E-state index in [1.165, 1.54) is 0 Å². The molecule has 0 aliphatic rings. The van der Waals surface area contributed by atoms with Crippen LogP contribution in [0, 0.1) is 0 Å². The number of furan rings is 1. The SMILES string of the molecule is C=C(Cc1ccco1)C(=O)CC. The summed E-state index contributed by atoms with van der Waals surface area (Å²) in [4.78, 5) is 11.1. The Morgan fingerprint density at radius 1 is 1.67 bits per heavy atom. The highest BCUT2D eigenvalue weighted by molar-refractivity contribution is 5.94. The molecular weight excluding hydrogens is 152 g/mol. The summed E-state index contributed by atoms with van der Waals surface area (Å²) < 4.78 is 5.09. The van der Waals surface area contributed by atoms with Gasteiger partial charge in [0.25, 0.3) is 0 Å². The molecule has 0 atom stereocenters. The highest BCUT2D eigenvalue weighted by Crippen LogP contribution is 2.08. The van der Waals surface area contributed by atoms with Gasteiger partial charge in [0.1, 0.15) is 5.76 Å². The topological polar surface area (TPSA) is 30.2 Å². The van der Waals surface area contributed by atoms with E-state index in [9.17, 15) is 4.79 Å². The van der Waals surface area contributed by atoms with Crippen LogP contribution in [0.1, 0.15) is 19.1 Å². The fourth-order valence-corrected chi connectivity index (χ4v) is 0.972. The summed E-state index contributed by atoms with van der Waals surface area (Å²) in [6.07, 6.45) is 2.64. The maximum Gasteiger partial charge on any atom is 0.158 e. The van der Waals surface area contributed by atoms with Crippen LogP contribution < -0.4 is 0 Å². The number of carbonyl (C=O) groups is 1. The van der Waals surface area contributed by atoms with Crippen molar-refractivity contribution in [3.05, 3.63) is 36.3 Å². The Balaban J connectivity index is 2.53. The fraction of sp³-hybridized carbons (Fsp3) is 0.300. The third kappa shape index (κ3) is 2.09. The summed E-state index contributed by atoms with van der Waals surface area (Å²) in [5.74, 6) is 0.896. The van der Waals surface area contributed by atoms with E-state index < -0.39 is 0 Å². The molecular formula is C10H12O2. The Morgan fingerprint density at radius 2 is 2.42 bits per heavy atom. The largest absolute Gasteiger partial charge is 0.469 e. The monoisotopic (exact) mass is 164 g/mol. The summed E-state index contributed by atoms with van der Waals surface area (Å²) in [6, 6.07) is 3.65. The van der Waals surface area contributed by atoms with Crippen LogP contribution >= 0.6 is 0 Å². The van der Waals surface area contributed by atoms with E-state index in [1.807, 2.05) is 13.0 Å². The third-order valence-corrected chi connectivity index (χ3v) is 1.68. The van der Waals surface area contributed by atoms with Crippen LogP contribution in [0.4, 0.5) is 0 Å². The molecule has 64 valence electrons. The van der Waals surface area contributed by atoms with Crippen molar-refractivity contribution in [2.45, 2.75) is 19.8 Å². The summed E-state index contributed by atoms with van der Waals surface area (Å²) in [6.45, 7) is 5.52. The Bertz CT molecular complexity index is 270. The Hall–Kier alpha value is -1.31. The predicted molar refractivity (Wildman–Crippen MR) is 46.9 cm³/mol. The van der Waals surface area contributed by atoms with Gasteiger partial charge in [-0.3, -0.25) is 4.79 Å². The van der Waals surface area contributed by atoms with Gasteiger partial charge < -0.3 is 4.42 Å². The van der Waals surface area contributed by atoms with Crippen LogP contribution in [0.2, 0.25) is 0 Å². The molecule has 0 radical (unpaired) electrons. The predicted octanol–water partition coefficient (Wildman–Crippen LogP) is 2.36. The first-order valence-corrected chi connectivity index (χ1v) is 3.97. The van der Waals surface area contributed by atoms with Gasteiger partial charge in [0, 0.05) is 12.8 Å². The second kappa shape index (κ2) is 3.90. The molecule has 0 fully saturated rings. The van der Waals surface area contributed by atoms with E-state index in [0.717, 1.165) is 5.76 Å². The van der Waals surface area contributed by atoms with E-state index in [0.29, 0.717) is 18.4 Å². The van der Waals surface area contributed by atoms with Crippen LogP contribution in [0.5, 0.6) is 0 Å². The lowest BCUT2D eigenvalue weighted by molar-refractivity contribution is -0.115.